The van der Waals surface area contributed by atoms with E-state index in [1.165, 1.54) is 26.3 Å². The Labute approximate surface area is 198 Å². The van der Waals surface area contributed by atoms with Crippen molar-refractivity contribution in [3.05, 3.63) is 36.7 Å². The molecule has 180 valence electrons. The van der Waals surface area contributed by atoms with Crippen molar-refractivity contribution in [3.8, 4) is 28.9 Å². The second kappa shape index (κ2) is 10.9. The number of anilines is 1. The van der Waals surface area contributed by atoms with Crippen LogP contribution in [0.25, 0.3) is 10.9 Å². The maximum absolute atomic E-state index is 12.4. The lowest BCUT2D eigenvalue weighted by Gasteiger charge is -2.17. The molecule has 1 aliphatic rings. The van der Waals surface area contributed by atoms with Crippen LogP contribution < -0.4 is 24.3 Å². The molecule has 0 bridgehead atoms. The van der Waals surface area contributed by atoms with Crippen LogP contribution in [-0.2, 0) is 4.74 Å². The Morgan fingerprint density at radius 1 is 0.882 bits per heavy atom. The summed E-state index contributed by atoms with van der Waals surface area (Å²) in [4.78, 5) is 21.0. The van der Waals surface area contributed by atoms with Crippen LogP contribution in [0.4, 0.5) is 10.5 Å². The lowest BCUT2D eigenvalue weighted by Crippen LogP contribution is -2.22. The second-order valence-electron chi connectivity index (χ2n) is 8.01. The fourth-order valence-electron chi connectivity index (χ4n) is 4.04. The van der Waals surface area contributed by atoms with Gasteiger partial charge in [-0.05, 0) is 43.9 Å². The van der Waals surface area contributed by atoms with Gasteiger partial charge in [0.15, 0.2) is 11.5 Å². The molecule has 0 unspecified atom stereocenters. The normalized spacial score (nSPS) is 14.2. The highest BCUT2D eigenvalue weighted by atomic mass is 16.6. The van der Waals surface area contributed by atoms with Crippen molar-refractivity contribution < 1.29 is 28.5 Å². The number of carbonyl (C=O) groups is 1. The van der Waals surface area contributed by atoms with E-state index in [0.717, 1.165) is 25.7 Å². The van der Waals surface area contributed by atoms with E-state index >= 15 is 0 Å². The summed E-state index contributed by atoms with van der Waals surface area (Å²) in [7, 11) is 4.65. The number of hydrogen-bond acceptors (Lipinski definition) is 8. The molecule has 1 saturated carbocycles. The van der Waals surface area contributed by atoms with E-state index in [1.807, 2.05) is 0 Å². The standard InChI is InChI=1S/C25H29N3O6/c1-30-21-12-17(10-11-19(21)28-25(29)34-16-8-6-4-5-7-9-16)33-24-18-13-22(31-2)23(32-3)14-20(18)26-15-27-24/h10-16H,4-9H2,1-3H3,(H,28,29). The number of fused-ring (bicyclic) bond motifs is 1. The van der Waals surface area contributed by atoms with Crippen LogP contribution in [0, 0.1) is 0 Å². The highest BCUT2D eigenvalue weighted by molar-refractivity contribution is 5.88. The lowest BCUT2D eigenvalue weighted by atomic mass is 10.2. The van der Waals surface area contributed by atoms with E-state index < -0.39 is 6.09 Å². The van der Waals surface area contributed by atoms with E-state index in [0.29, 0.717) is 45.5 Å². The number of ether oxygens (including phenoxy) is 5. The maximum atomic E-state index is 12.4. The molecule has 4 rings (SSSR count). The van der Waals surface area contributed by atoms with Gasteiger partial charge in [0.1, 0.15) is 23.9 Å². The van der Waals surface area contributed by atoms with Crippen molar-refractivity contribution in [2.75, 3.05) is 26.6 Å². The highest BCUT2D eigenvalue weighted by Gasteiger charge is 2.18. The summed E-state index contributed by atoms with van der Waals surface area (Å²) in [5, 5.41) is 3.44. The van der Waals surface area contributed by atoms with Crippen molar-refractivity contribution in [1.82, 2.24) is 9.97 Å². The van der Waals surface area contributed by atoms with Crippen LogP contribution in [0.3, 0.4) is 0 Å². The molecule has 1 heterocycles. The first kappa shape index (κ1) is 23.4. The van der Waals surface area contributed by atoms with Crippen molar-refractivity contribution >= 4 is 22.7 Å². The van der Waals surface area contributed by atoms with Gasteiger partial charge in [0.2, 0.25) is 5.88 Å². The first-order valence-electron chi connectivity index (χ1n) is 11.3. The fraction of sp³-hybridized carbons (Fsp3) is 0.400. The monoisotopic (exact) mass is 467 g/mol. The Kier molecular flexibility index (Phi) is 7.51. The molecule has 0 saturated heterocycles. The number of benzene rings is 2. The zero-order chi connectivity index (χ0) is 23.9. The molecule has 2 aromatic carbocycles. The largest absolute Gasteiger partial charge is 0.494 e. The smallest absolute Gasteiger partial charge is 0.412 e. The maximum Gasteiger partial charge on any atom is 0.412 e. The molecule has 0 aliphatic heterocycles. The molecule has 0 radical (unpaired) electrons. The van der Waals surface area contributed by atoms with E-state index in [2.05, 4.69) is 15.3 Å². The summed E-state index contributed by atoms with van der Waals surface area (Å²) in [6, 6.07) is 8.63. The quantitative estimate of drug-likeness (QED) is 0.440. The number of hydrogen-bond donors (Lipinski definition) is 1. The van der Waals surface area contributed by atoms with Crippen LogP contribution in [0.15, 0.2) is 36.7 Å². The van der Waals surface area contributed by atoms with Gasteiger partial charge >= 0.3 is 6.09 Å². The molecular weight excluding hydrogens is 438 g/mol. The minimum Gasteiger partial charge on any atom is -0.494 e. The predicted molar refractivity (Wildman–Crippen MR) is 127 cm³/mol. The Bertz CT molecular complexity index is 1140. The van der Waals surface area contributed by atoms with Gasteiger partial charge in [0, 0.05) is 12.1 Å². The molecule has 0 atom stereocenters. The average Bonchev–Trinajstić information content (AvgIpc) is 3.12. The highest BCUT2D eigenvalue weighted by Crippen LogP contribution is 2.37. The van der Waals surface area contributed by atoms with Gasteiger partial charge in [-0.2, -0.15) is 0 Å². The Morgan fingerprint density at radius 2 is 1.59 bits per heavy atom. The molecule has 3 aromatic rings. The number of amides is 1. The van der Waals surface area contributed by atoms with Crippen molar-refractivity contribution in [2.24, 2.45) is 0 Å². The molecular formula is C25H29N3O6. The van der Waals surface area contributed by atoms with Crippen LogP contribution in [0.5, 0.6) is 28.9 Å². The molecule has 1 amide bonds. The molecule has 9 nitrogen and oxygen atoms in total. The van der Waals surface area contributed by atoms with E-state index in [9.17, 15) is 4.79 Å². The third-order valence-electron chi connectivity index (χ3n) is 5.80. The number of nitrogens with one attached hydrogen (secondary N) is 1. The fourth-order valence-corrected chi connectivity index (χ4v) is 4.04. The summed E-state index contributed by atoms with van der Waals surface area (Å²) in [6.45, 7) is 0. The predicted octanol–water partition coefficient (Wildman–Crippen LogP) is 5.72. The zero-order valence-corrected chi connectivity index (χ0v) is 19.6. The lowest BCUT2D eigenvalue weighted by molar-refractivity contribution is 0.101. The summed E-state index contributed by atoms with van der Waals surface area (Å²) >= 11 is 0. The number of nitrogens with zero attached hydrogens (tertiary/aromatic N) is 2. The van der Waals surface area contributed by atoms with Gasteiger partial charge in [-0.25, -0.2) is 14.8 Å². The summed E-state index contributed by atoms with van der Waals surface area (Å²) in [6.07, 6.45) is 7.26. The van der Waals surface area contributed by atoms with Crippen LogP contribution in [0.2, 0.25) is 0 Å². The molecule has 34 heavy (non-hydrogen) atoms. The molecule has 0 spiro atoms. The third kappa shape index (κ3) is 5.41. The SMILES string of the molecule is COc1cc(Oc2ncnc3cc(OC)c(OC)cc23)ccc1NC(=O)OC1CCCCCC1. The topological polar surface area (TPSA) is 101 Å². The number of carbonyl (C=O) groups excluding carboxylic acids is 1. The van der Waals surface area contributed by atoms with Crippen molar-refractivity contribution in [3.63, 3.8) is 0 Å². The number of methoxy groups -OCH3 is 3. The van der Waals surface area contributed by atoms with Gasteiger partial charge in [0.05, 0.1) is 37.9 Å². The Hall–Kier alpha value is -3.75. The average molecular weight is 468 g/mol. The molecule has 9 heteroatoms. The first-order chi connectivity index (χ1) is 16.6. The van der Waals surface area contributed by atoms with Gasteiger partial charge in [0.25, 0.3) is 0 Å². The number of rotatable bonds is 7. The van der Waals surface area contributed by atoms with Crippen LogP contribution >= 0.6 is 0 Å². The van der Waals surface area contributed by atoms with Gasteiger partial charge in [-0.15, -0.1) is 0 Å². The van der Waals surface area contributed by atoms with E-state index in [4.69, 9.17) is 23.7 Å². The van der Waals surface area contributed by atoms with Crippen molar-refractivity contribution in [2.45, 2.75) is 44.6 Å². The van der Waals surface area contributed by atoms with E-state index in [1.54, 1.807) is 44.6 Å². The Morgan fingerprint density at radius 3 is 2.29 bits per heavy atom. The third-order valence-corrected chi connectivity index (χ3v) is 5.80. The van der Waals surface area contributed by atoms with Crippen LogP contribution in [0.1, 0.15) is 38.5 Å². The number of aromatic nitrogens is 2. The zero-order valence-electron chi connectivity index (χ0n) is 19.6. The first-order valence-corrected chi connectivity index (χ1v) is 11.3. The van der Waals surface area contributed by atoms with Crippen LogP contribution in [-0.4, -0.2) is 43.5 Å². The van der Waals surface area contributed by atoms with Gasteiger partial charge < -0.3 is 23.7 Å². The molecule has 1 fully saturated rings. The summed E-state index contributed by atoms with van der Waals surface area (Å²) in [5.74, 6) is 2.37. The van der Waals surface area contributed by atoms with Gasteiger partial charge in [-0.1, -0.05) is 12.8 Å². The van der Waals surface area contributed by atoms with Gasteiger partial charge in [-0.3, -0.25) is 5.32 Å². The second-order valence-corrected chi connectivity index (χ2v) is 8.01. The molecule has 1 N–H and O–H groups in total. The summed E-state index contributed by atoms with van der Waals surface area (Å²) < 4.78 is 27.8. The minimum absolute atomic E-state index is 0.0437. The summed E-state index contributed by atoms with van der Waals surface area (Å²) in [5.41, 5.74) is 1.14. The molecule has 1 aliphatic carbocycles. The minimum atomic E-state index is -0.485. The van der Waals surface area contributed by atoms with E-state index in [-0.39, 0.29) is 6.10 Å². The molecule has 1 aromatic heterocycles. The Balaban J connectivity index is 1.51. The van der Waals surface area contributed by atoms with Crippen molar-refractivity contribution in [1.29, 1.82) is 0 Å².